The van der Waals surface area contributed by atoms with Gasteiger partial charge in [0.25, 0.3) is 0 Å². The fourth-order valence-corrected chi connectivity index (χ4v) is 3.98. The van der Waals surface area contributed by atoms with Gasteiger partial charge in [-0.3, -0.25) is 0 Å². The van der Waals surface area contributed by atoms with Crippen LogP contribution in [-0.2, 0) is 11.3 Å². The minimum Gasteiger partial charge on any atom is -0.494 e. The van der Waals surface area contributed by atoms with E-state index in [4.69, 9.17) is 14.2 Å². The van der Waals surface area contributed by atoms with Crippen LogP contribution in [0.4, 0.5) is 4.79 Å². The van der Waals surface area contributed by atoms with Crippen molar-refractivity contribution < 1.29 is 19.0 Å². The maximum Gasteiger partial charge on any atom is 0.408 e. The average molecular weight is 428 g/mol. The summed E-state index contributed by atoms with van der Waals surface area (Å²) in [5, 5.41) is 4.04. The Morgan fingerprint density at radius 2 is 1.70 bits per heavy atom. The van der Waals surface area contributed by atoms with Crippen molar-refractivity contribution in [1.29, 1.82) is 0 Å². The van der Waals surface area contributed by atoms with Crippen LogP contribution in [0.25, 0.3) is 10.1 Å². The zero-order chi connectivity index (χ0) is 21.7. The van der Waals surface area contributed by atoms with E-state index < -0.39 is 11.7 Å². The molecule has 0 aliphatic carbocycles. The first-order chi connectivity index (χ1) is 14.2. The number of hydrogen-bond donors (Lipinski definition) is 1. The molecule has 1 heterocycles. The van der Waals surface area contributed by atoms with Crippen LogP contribution >= 0.6 is 11.3 Å². The Morgan fingerprint density at radius 1 is 1.03 bits per heavy atom. The van der Waals surface area contributed by atoms with Gasteiger partial charge < -0.3 is 19.5 Å². The summed E-state index contributed by atoms with van der Waals surface area (Å²) in [4.78, 5) is 13.1. The molecular weight excluding hydrogens is 398 g/mol. The summed E-state index contributed by atoms with van der Waals surface area (Å²) in [5.74, 6) is 1.64. The van der Waals surface area contributed by atoms with Crippen molar-refractivity contribution in [3.8, 4) is 11.5 Å². The summed E-state index contributed by atoms with van der Waals surface area (Å²) in [6, 6.07) is 15.9. The van der Waals surface area contributed by atoms with Gasteiger partial charge in [-0.15, -0.1) is 11.3 Å². The predicted octanol–water partition coefficient (Wildman–Crippen LogP) is 6.46. The van der Waals surface area contributed by atoms with Crippen molar-refractivity contribution in [2.45, 2.75) is 52.9 Å². The van der Waals surface area contributed by atoms with Crippen molar-refractivity contribution in [3.63, 3.8) is 0 Å². The molecule has 0 spiro atoms. The molecule has 1 aromatic heterocycles. The largest absolute Gasteiger partial charge is 0.494 e. The third-order valence-electron chi connectivity index (χ3n) is 4.30. The Bertz CT molecular complexity index is 989. The van der Waals surface area contributed by atoms with Gasteiger partial charge in [-0.1, -0.05) is 6.07 Å². The Balaban J connectivity index is 1.63. The zero-order valence-corrected chi connectivity index (χ0v) is 19.0. The van der Waals surface area contributed by atoms with E-state index in [0.717, 1.165) is 27.3 Å². The topological polar surface area (TPSA) is 56.8 Å². The fourth-order valence-electron chi connectivity index (χ4n) is 2.94. The number of thiophene rings is 1. The SMILES string of the molecule is CCOc1ccc(OCc2ccc3sc(C(C)NC(=O)OC(C)(C)C)cc3c2)cc1. The van der Waals surface area contributed by atoms with Crippen molar-refractivity contribution in [3.05, 3.63) is 59.0 Å². The van der Waals surface area contributed by atoms with Crippen molar-refractivity contribution >= 4 is 27.5 Å². The molecule has 0 saturated carbocycles. The number of carbonyl (C=O) groups excluding carboxylic acids is 1. The van der Waals surface area contributed by atoms with E-state index >= 15 is 0 Å². The van der Waals surface area contributed by atoms with Gasteiger partial charge in [-0.2, -0.15) is 0 Å². The Labute approximate surface area is 182 Å². The second-order valence-electron chi connectivity index (χ2n) is 8.08. The molecule has 3 rings (SSSR count). The summed E-state index contributed by atoms with van der Waals surface area (Å²) in [6.07, 6.45) is -0.406. The van der Waals surface area contributed by atoms with E-state index in [2.05, 4.69) is 29.6 Å². The quantitative estimate of drug-likeness (QED) is 0.470. The number of ether oxygens (including phenoxy) is 3. The number of nitrogens with one attached hydrogen (secondary N) is 1. The highest BCUT2D eigenvalue weighted by Crippen LogP contribution is 2.31. The molecule has 0 saturated heterocycles. The molecule has 1 unspecified atom stereocenters. The Kier molecular flexibility index (Phi) is 6.87. The highest BCUT2D eigenvalue weighted by atomic mass is 32.1. The van der Waals surface area contributed by atoms with Crippen LogP contribution in [0.2, 0.25) is 0 Å². The molecule has 0 bridgehead atoms. The zero-order valence-electron chi connectivity index (χ0n) is 18.2. The monoisotopic (exact) mass is 427 g/mol. The molecule has 6 heteroatoms. The van der Waals surface area contributed by atoms with Crippen LogP contribution in [0.5, 0.6) is 11.5 Å². The molecule has 0 aliphatic heterocycles. The summed E-state index contributed by atoms with van der Waals surface area (Å²) < 4.78 is 17.9. The molecule has 30 heavy (non-hydrogen) atoms. The average Bonchev–Trinajstić information content (AvgIpc) is 3.10. The van der Waals surface area contributed by atoms with Crippen LogP contribution in [-0.4, -0.2) is 18.3 Å². The number of amides is 1. The second-order valence-corrected chi connectivity index (χ2v) is 9.20. The maximum absolute atomic E-state index is 12.0. The van der Waals surface area contributed by atoms with E-state index in [1.54, 1.807) is 11.3 Å². The highest BCUT2D eigenvalue weighted by molar-refractivity contribution is 7.19. The second kappa shape index (κ2) is 9.39. The van der Waals surface area contributed by atoms with E-state index in [9.17, 15) is 4.79 Å². The lowest BCUT2D eigenvalue weighted by molar-refractivity contribution is 0.0508. The van der Waals surface area contributed by atoms with E-state index in [1.165, 1.54) is 4.70 Å². The number of benzene rings is 2. The lowest BCUT2D eigenvalue weighted by Gasteiger charge is -2.21. The summed E-state index contributed by atoms with van der Waals surface area (Å²) >= 11 is 1.67. The van der Waals surface area contributed by atoms with Crippen molar-refractivity contribution in [2.24, 2.45) is 0 Å². The van der Waals surface area contributed by atoms with Crippen LogP contribution < -0.4 is 14.8 Å². The smallest absolute Gasteiger partial charge is 0.408 e. The lowest BCUT2D eigenvalue weighted by Crippen LogP contribution is -2.33. The Hall–Kier alpha value is -2.73. The van der Waals surface area contributed by atoms with Gasteiger partial charge in [-0.05, 0) is 88.0 Å². The van der Waals surface area contributed by atoms with Gasteiger partial charge in [0.15, 0.2) is 0 Å². The minimum atomic E-state index is -0.512. The highest BCUT2D eigenvalue weighted by Gasteiger charge is 2.19. The van der Waals surface area contributed by atoms with Crippen LogP contribution in [0.15, 0.2) is 48.5 Å². The van der Waals surface area contributed by atoms with Crippen LogP contribution in [0.3, 0.4) is 0 Å². The molecule has 160 valence electrons. The molecule has 3 aromatic rings. The number of carbonyl (C=O) groups is 1. The first-order valence-corrected chi connectivity index (χ1v) is 10.9. The van der Waals surface area contributed by atoms with Crippen LogP contribution in [0.1, 0.15) is 51.1 Å². The van der Waals surface area contributed by atoms with E-state index in [0.29, 0.717) is 13.2 Å². The normalized spacial score (nSPS) is 12.4. The molecule has 2 aromatic carbocycles. The van der Waals surface area contributed by atoms with Gasteiger partial charge in [0, 0.05) is 9.58 Å². The standard InChI is InChI=1S/C24H29NO4S/c1-6-27-19-8-10-20(11-9-19)28-15-17-7-12-21-18(13-17)14-22(30-21)16(2)25-23(26)29-24(3,4)5/h7-14,16H,6,15H2,1-5H3,(H,25,26). The van der Waals surface area contributed by atoms with E-state index in [-0.39, 0.29) is 6.04 Å². The molecule has 1 amide bonds. The number of alkyl carbamates (subject to hydrolysis) is 1. The van der Waals surface area contributed by atoms with Gasteiger partial charge >= 0.3 is 6.09 Å². The first-order valence-electron chi connectivity index (χ1n) is 10.1. The molecule has 0 fully saturated rings. The van der Waals surface area contributed by atoms with Crippen LogP contribution in [0, 0.1) is 0 Å². The molecule has 1 N–H and O–H groups in total. The van der Waals surface area contributed by atoms with Gasteiger partial charge in [0.1, 0.15) is 23.7 Å². The number of hydrogen-bond acceptors (Lipinski definition) is 5. The maximum atomic E-state index is 12.0. The van der Waals surface area contributed by atoms with E-state index in [1.807, 2.05) is 58.9 Å². The van der Waals surface area contributed by atoms with Crippen molar-refractivity contribution in [1.82, 2.24) is 5.32 Å². The van der Waals surface area contributed by atoms with Crippen molar-refractivity contribution in [2.75, 3.05) is 6.61 Å². The molecule has 1 atom stereocenters. The van der Waals surface area contributed by atoms with Gasteiger partial charge in [-0.25, -0.2) is 4.79 Å². The fraction of sp³-hybridized carbons (Fsp3) is 0.375. The molecule has 0 radical (unpaired) electrons. The lowest BCUT2D eigenvalue weighted by atomic mass is 10.1. The molecule has 5 nitrogen and oxygen atoms in total. The summed E-state index contributed by atoms with van der Waals surface area (Å²) in [5.41, 5.74) is 0.580. The first kappa shape index (κ1) is 22.0. The molecule has 0 aliphatic rings. The molecular formula is C24H29NO4S. The number of fused-ring (bicyclic) bond motifs is 1. The minimum absolute atomic E-state index is 0.124. The summed E-state index contributed by atoms with van der Waals surface area (Å²) in [6.45, 7) is 10.6. The Morgan fingerprint density at radius 3 is 2.33 bits per heavy atom. The van der Waals surface area contributed by atoms with Gasteiger partial charge in [0.05, 0.1) is 12.6 Å². The predicted molar refractivity (Wildman–Crippen MR) is 122 cm³/mol. The van der Waals surface area contributed by atoms with Gasteiger partial charge in [0.2, 0.25) is 0 Å². The number of rotatable bonds is 7. The third-order valence-corrected chi connectivity index (χ3v) is 5.60. The summed E-state index contributed by atoms with van der Waals surface area (Å²) in [7, 11) is 0. The third kappa shape index (κ3) is 6.13.